The maximum Gasteiger partial charge on any atom is 0.322 e. The third-order valence-electron chi connectivity index (χ3n) is 3.28. The predicted molar refractivity (Wildman–Crippen MR) is 86.5 cm³/mol. The fraction of sp³-hybridized carbons (Fsp3) is 0.0667. The number of amides is 1. The molecule has 128 valence electrons. The Labute approximate surface area is 147 Å². The van der Waals surface area contributed by atoms with Crippen LogP contribution >= 0.6 is 15.9 Å². The largest absolute Gasteiger partial charge is 0.505 e. The van der Waals surface area contributed by atoms with Gasteiger partial charge in [-0.05, 0) is 40.2 Å². The van der Waals surface area contributed by atoms with E-state index >= 15 is 0 Å². The number of nitrogens with one attached hydrogen (secondary N) is 1. The van der Waals surface area contributed by atoms with Crippen LogP contribution in [0.15, 0.2) is 33.4 Å². The minimum atomic E-state index is -1.25. The van der Waals surface area contributed by atoms with Crippen molar-refractivity contribution >= 4 is 38.8 Å². The van der Waals surface area contributed by atoms with Gasteiger partial charge >= 0.3 is 5.97 Å². The Bertz CT molecular complexity index is 987. The molecule has 2 heterocycles. The highest BCUT2D eigenvalue weighted by Crippen LogP contribution is 2.38. The summed E-state index contributed by atoms with van der Waals surface area (Å²) >= 11 is 3.12. The zero-order valence-corrected chi connectivity index (χ0v) is 13.9. The number of carbonyl (C=O) groups is 2. The molecule has 10 heteroatoms. The summed E-state index contributed by atoms with van der Waals surface area (Å²) in [7, 11) is 0. The van der Waals surface area contributed by atoms with E-state index in [4.69, 9.17) is 9.63 Å². The highest BCUT2D eigenvalue weighted by molar-refractivity contribution is 9.10. The number of aromatic hydroxyl groups is 1. The molecule has 0 saturated carbocycles. The molecule has 0 radical (unpaired) electrons. The molecule has 25 heavy (non-hydrogen) atoms. The van der Waals surface area contributed by atoms with Crippen LogP contribution in [-0.2, 0) is 4.79 Å². The van der Waals surface area contributed by atoms with Crippen LogP contribution in [0.25, 0.3) is 22.2 Å². The van der Waals surface area contributed by atoms with E-state index in [1.54, 1.807) is 0 Å². The Morgan fingerprint density at radius 1 is 1.28 bits per heavy atom. The third-order valence-corrected chi connectivity index (χ3v) is 3.82. The van der Waals surface area contributed by atoms with Crippen molar-refractivity contribution in [3.8, 4) is 17.0 Å². The Balaban J connectivity index is 2.14. The molecular formula is C15H9BrFN3O5. The summed E-state index contributed by atoms with van der Waals surface area (Å²) in [4.78, 5) is 26.5. The first kappa shape index (κ1) is 16.8. The Kier molecular flexibility index (Phi) is 4.36. The van der Waals surface area contributed by atoms with Gasteiger partial charge in [-0.1, -0.05) is 5.16 Å². The molecule has 0 fully saturated rings. The van der Waals surface area contributed by atoms with Crippen LogP contribution in [0.5, 0.6) is 5.75 Å². The predicted octanol–water partition coefficient (Wildman–Crippen LogP) is 2.31. The number of hydrogen-bond donors (Lipinski definition) is 3. The van der Waals surface area contributed by atoms with Crippen LogP contribution in [0.4, 0.5) is 4.39 Å². The minimum absolute atomic E-state index is 0.0895. The van der Waals surface area contributed by atoms with Crippen molar-refractivity contribution in [1.82, 2.24) is 15.5 Å². The second-order valence-corrected chi connectivity index (χ2v) is 5.67. The molecule has 0 spiro atoms. The number of carboxylic acids is 1. The first-order valence-electron chi connectivity index (χ1n) is 6.82. The van der Waals surface area contributed by atoms with E-state index in [9.17, 15) is 19.1 Å². The molecule has 8 nitrogen and oxygen atoms in total. The zero-order chi connectivity index (χ0) is 18.1. The van der Waals surface area contributed by atoms with E-state index in [-0.39, 0.29) is 21.3 Å². The Morgan fingerprint density at radius 3 is 2.60 bits per heavy atom. The summed E-state index contributed by atoms with van der Waals surface area (Å²) in [5.74, 6) is -3.10. The smallest absolute Gasteiger partial charge is 0.322 e. The summed E-state index contributed by atoms with van der Waals surface area (Å²) in [5.41, 5.74) is 0.326. The van der Waals surface area contributed by atoms with Crippen LogP contribution in [0.3, 0.4) is 0 Å². The molecule has 2 aromatic heterocycles. The molecule has 0 unspecified atom stereocenters. The topological polar surface area (TPSA) is 126 Å². The van der Waals surface area contributed by atoms with Gasteiger partial charge in [0, 0.05) is 5.56 Å². The Hall–Kier alpha value is -3.01. The number of nitrogens with zero attached hydrogens (tertiary/aromatic N) is 2. The number of carboxylic acid groups (broad SMARTS) is 1. The van der Waals surface area contributed by atoms with Crippen molar-refractivity contribution in [2.45, 2.75) is 0 Å². The lowest BCUT2D eigenvalue weighted by molar-refractivity contribution is -0.135. The summed E-state index contributed by atoms with van der Waals surface area (Å²) < 4.78 is 18.3. The normalized spacial score (nSPS) is 10.8. The number of pyridine rings is 1. The molecule has 3 rings (SSSR count). The monoisotopic (exact) mass is 409 g/mol. The van der Waals surface area contributed by atoms with E-state index in [0.29, 0.717) is 5.56 Å². The van der Waals surface area contributed by atoms with Gasteiger partial charge in [-0.3, -0.25) is 9.59 Å². The van der Waals surface area contributed by atoms with Crippen molar-refractivity contribution in [3.63, 3.8) is 0 Å². The van der Waals surface area contributed by atoms with Crippen LogP contribution in [-0.4, -0.2) is 38.8 Å². The van der Waals surface area contributed by atoms with Gasteiger partial charge in [0.15, 0.2) is 16.0 Å². The molecule has 0 atom stereocenters. The second kappa shape index (κ2) is 6.48. The van der Waals surface area contributed by atoms with Gasteiger partial charge in [0.25, 0.3) is 5.91 Å². The quantitative estimate of drug-likeness (QED) is 0.564. The number of rotatable bonds is 4. The van der Waals surface area contributed by atoms with Crippen molar-refractivity contribution < 1.29 is 28.7 Å². The van der Waals surface area contributed by atoms with Crippen molar-refractivity contribution in [2.24, 2.45) is 0 Å². The van der Waals surface area contributed by atoms with E-state index in [1.807, 2.05) is 0 Å². The van der Waals surface area contributed by atoms with E-state index in [1.165, 1.54) is 24.3 Å². The lowest BCUT2D eigenvalue weighted by Gasteiger charge is -2.06. The molecule has 1 amide bonds. The second-order valence-electron chi connectivity index (χ2n) is 4.92. The molecule has 0 aliphatic rings. The number of aromatic nitrogens is 2. The van der Waals surface area contributed by atoms with Crippen LogP contribution in [0, 0.1) is 5.82 Å². The summed E-state index contributed by atoms with van der Waals surface area (Å²) in [6, 6.07) is 5.29. The number of carbonyl (C=O) groups excluding carboxylic acids is 1. The number of fused-ring (bicyclic) bond motifs is 1. The van der Waals surface area contributed by atoms with E-state index < -0.39 is 35.7 Å². The number of halogens is 2. The van der Waals surface area contributed by atoms with Gasteiger partial charge in [0.2, 0.25) is 5.58 Å². The molecule has 3 N–H and O–H groups in total. The highest BCUT2D eigenvalue weighted by Gasteiger charge is 2.25. The molecule has 3 aromatic rings. The third kappa shape index (κ3) is 3.15. The summed E-state index contributed by atoms with van der Waals surface area (Å²) in [5, 5.41) is 25.1. The van der Waals surface area contributed by atoms with E-state index in [0.717, 1.165) is 0 Å². The fourth-order valence-corrected chi connectivity index (χ4v) is 2.62. The summed E-state index contributed by atoms with van der Waals surface area (Å²) in [6.45, 7) is -0.635. The molecule has 0 aliphatic heterocycles. The van der Waals surface area contributed by atoms with Gasteiger partial charge in [-0.25, -0.2) is 9.37 Å². The van der Waals surface area contributed by atoms with Gasteiger partial charge in [0.1, 0.15) is 18.1 Å². The van der Waals surface area contributed by atoms with Crippen LogP contribution in [0.1, 0.15) is 10.5 Å². The van der Waals surface area contributed by atoms with Crippen molar-refractivity contribution in [3.05, 3.63) is 40.4 Å². The average Bonchev–Trinajstić information content (AvgIpc) is 3.02. The fourth-order valence-electron chi connectivity index (χ4n) is 2.17. The minimum Gasteiger partial charge on any atom is -0.505 e. The van der Waals surface area contributed by atoms with Gasteiger partial charge in [-0.2, -0.15) is 0 Å². The standard InChI is InChI=1S/C15H9BrFN3O5/c16-14-13-9(10(20-25-13)6-1-3-7(17)4-2-6)12(23)11(19-14)15(24)18-5-8(21)22/h1-4,23H,5H2,(H,18,24)(H,21,22). The zero-order valence-electron chi connectivity index (χ0n) is 12.3. The highest BCUT2D eigenvalue weighted by atomic mass is 79.9. The van der Waals surface area contributed by atoms with Crippen LogP contribution < -0.4 is 5.32 Å². The first-order chi connectivity index (χ1) is 11.9. The van der Waals surface area contributed by atoms with Gasteiger partial charge in [-0.15, -0.1) is 0 Å². The molecule has 0 aliphatic carbocycles. The SMILES string of the molecule is O=C(O)CNC(=O)c1nc(Br)c2onc(-c3ccc(F)cc3)c2c1O. The van der Waals surface area contributed by atoms with Gasteiger partial charge in [0.05, 0.1) is 5.39 Å². The number of hydrogen-bond acceptors (Lipinski definition) is 6. The lowest BCUT2D eigenvalue weighted by atomic mass is 10.1. The number of benzene rings is 1. The maximum absolute atomic E-state index is 13.1. The first-order valence-corrected chi connectivity index (χ1v) is 7.61. The van der Waals surface area contributed by atoms with Crippen LogP contribution in [0.2, 0.25) is 0 Å². The number of aliphatic carboxylic acids is 1. The Morgan fingerprint density at radius 2 is 1.96 bits per heavy atom. The summed E-state index contributed by atoms with van der Waals surface area (Å²) in [6.07, 6.45) is 0. The molecule has 1 aromatic carbocycles. The molecule has 0 bridgehead atoms. The van der Waals surface area contributed by atoms with Gasteiger partial charge < -0.3 is 20.1 Å². The lowest BCUT2D eigenvalue weighted by Crippen LogP contribution is -2.30. The molecular weight excluding hydrogens is 401 g/mol. The maximum atomic E-state index is 13.1. The molecule has 0 saturated heterocycles. The van der Waals surface area contributed by atoms with Crippen molar-refractivity contribution in [1.29, 1.82) is 0 Å². The van der Waals surface area contributed by atoms with Crippen molar-refractivity contribution in [2.75, 3.05) is 6.54 Å². The average molecular weight is 410 g/mol. The van der Waals surface area contributed by atoms with E-state index in [2.05, 4.69) is 31.4 Å².